The van der Waals surface area contributed by atoms with Crippen molar-refractivity contribution in [1.82, 2.24) is 9.47 Å². The summed E-state index contributed by atoms with van der Waals surface area (Å²) in [6.45, 7) is 1.43. The maximum atomic E-state index is 11.8. The third kappa shape index (κ3) is 2.94. The van der Waals surface area contributed by atoms with Crippen molar-refractivity contribution in [3.05, 3.63) is 34.7 Å². The molecule has 1 atom stereocenters. The van der Waals surface area contributed by atoms with Crippen molar-refractivity contribution < 1.29 is 9.90 Å². The summed E-state index contributed by atoms with van der Waals surface area (Å²) in [5, 5.41) is 9.33. The highest BCUT2D eigenvalue weighted by molar-refractivity contribution is 5.76. The lowest BCUT2D eigenvalue weighted by Crippen LogP contribution is -2.31. The zero-order valence-electron chi connectivity index (χ0n) is 9.58. The fraction of sp³-hybridized carbons (Fsp3) is 0.500. The normalized spacial score (nSPS) is 19.6. The van der Waals surface area contributed by atoms with Gasteiger partial charge in [-0.1, -0.05) is 6.07 Å². The molecule has 1 aliphatic rings. The van der Waals surface area contributed by atoms with E-state index in [9.17, 15) is 14.7 Å². The van der Waals surface area contributed by atoms with Crippen molar-refractivity contribution >= 4 is 5.91 Å². The number of pyridine rings is 1. The SMILES string of the molecule is O=C(CCn1ccccc1=O)N1CC[C@@H](O)C1. The van der Waals surface area contributed by atoms with Crippen LogP contribution in [0.15, 0.2) is 29.2 Å². The minimum absolute atomic E-state index is 0.00250. The van der Waals surface area contributed by atoms with Gasteiger partial charge in [0.15, 0.2) is 0 Å². The zero-order chi connectivity index (χ0) is 12.3. The van der Waals surface area contributed by atoms with Crippen molar-refractivity contribution in [3.8, 4) is 0 Å². The molecule has 1 aromatic rings. The van der Waals surface area contributed by atoms with Gasteiger partial charge in [0.1, 0.15) is 0 Å². The summed E-state index contributed by atoms with van der Waals surface area (Å²) in [6.07, 6.45) is 2.24. The van der Waals surface area contributed by atoms with Crippen LogP contribution in [0.25, 0.3) is 0 Å². The van der Waals surface area contributed by atoms with Crippen molar-refractivity contribution in [3.63, 3.8) is 0 Å². The van der Waals surface area contributed by atoms with Crippen LogP contribution in [0.1, 0.15) is 12.8 Å². The van der Waals surface area contributed by atoms with Crippen molar-refractivity contribution in [1.29, 1.82) is 0 Å². The summed E-state index contributed by atoms with van der Waals surface area (Å²) in [5.41, 5.74) is -0.0956. The van der Waals surface area contributed by atoms with E-state index in [1.807, 2.05) is 0 Å². The molecule has 0 spiro atoms. The van der Waals surface area contributed by atoms with E-state index >= 15 is 0 Å². The van der Waals surface area contributed by atoms with Crippen LogP contribution in [0, 0.1) is 0 Å². The molecule has 0 aromatic carbocycles. The maximum absolute atomic E-state index is 11.8. The van der Waals surface area contributed by atoms with Crippen molar-refractivity contribution in [2.45, 2.75) is 25.5 Å². The largest absolute Gasteiger partial charge is 0.391 e. The van der Waals surface area contributed by atoms with Gasteiger partial charge < -0.3 is 14.6 Å². The van der Waals surface area contributed by atoms with Gasteiger partial charge in [0.25, 0.3) is 5.56 Å². The summed E-state index contributed by atoms with van der Waals surface area (Å²) in [6, 6.07) is 4.92. The molecule has 1 saturated heterocycles. The first-order valence-corrected chi connectivity index (χ1v) is 5.78. The second-order valence-corrected chi connectivity index (χ2v) is 4.26. The molecule has 2 heterocycles. The van der Waals surface area contributed by atoms with Gasteiger partial charge in [0.05, 0.1) is 6.10 Å². The molecule has 92 valence electrons. The van der Waals surface area contributed by atoms with E-state index in [0.717, 1.165) is 0 Å². The van der Waals surface area contributed by atoms with E-state index in [2.05, 4.69) is 0 Å². The molecule has 1 N–H and O–H groups in total. The quantitative estimate of drug-likeness (QED) is 0.792. The minimum atomic E-state index is -0.390. The predicted molar refractivity (Wildman–Crippen MR) is 62.5 cm³/mol. The topological polar surface area (TPSA) is 62.5 Å². The number of aliphatic hydroxyl groups excluding tert-OH is 1. The molecule has 0 unspecified atom stereocenters. The van der Waals surface area contributed by atoms with E-state index in [1.54, 1.807) is 23.2 Å². The second-order valence-electron chi connectivity index (χ2n) is 4.26. The molecule has 0 aliphatic carbocycles. The molecule has 0 saturated carbocycles. The smallest absolute Gasteiger partial charge is 0.250 e. The van der Waals surface area contributed by atoms with E-state index in [1.165, 1.54) is 10.6 Å². The number of carbonyl (C=O) groups excluding carboxylic acids is 1. The van der Waals surface area contributed by atoms with Crippen molar-refractivity contribution in [2.24, 2.45) is 0 Å². The average Bonchev–Trinajstić information content (AvgIpc) is 2.74. The summed E-state index contributed by atoms with van der Waals surface area (Å²) < 4.78 is 1.52. The molecular weight excluding hydrogens is 220 g/mol. The Kier molecular flexibility index (Phi) is 3.58. The molecule has 5 heteroatoms. The molecule has 1 aliphatic heterocycles. The van der Waals surface area contributed by atoms with Crippen LogP contribution in [0.3, 0.4) is 0 Å². The molecule has 2 rings (SSSR count). The molecular formula is C12H16N2O3. The highest BCUT2D eigenvalue weighted by Crippen LogP contribution is 2.10. The highest BCUT2D eigenvalue weighted by Gasteiger charge is 2.23. The molecule has 1 amide bonds. The monoisotopic (exact) mass is 236 g/mol. The Balaban J connectivity index is 1.88. The summed E-state index contributed by atoms with van der Waals surface area (Å²) in [7, 11) is 0. The van der Waals surface area contributed by atoms with Crippen LogP contribution in [-0.4, -0.2) is 39.7 Å². The number of hydrogen-bond acceptors (Lipinski definition) is 3. The number of likely N-dealkylation sites (tertiary alicyclic amines) is 1. The van der Waals surface area contributed by atoms with Crippen LogP contribution >= 0.6 is 0 Å². The first-order valence-electron chi connectivity index (χ1n) is 5.78. The van der Waals surface area contributed by atoms with E-state index in [4.69, 9.17) is 0 Å². The van der Waals surface area contributed by atoms with Gasteiger partial charge in [0, 0.05) is 38.3 Å². The number of carbonyl (C=O) groups is 1. The van der Waals surface area contributed by atoms with Gasteiger partial charge in [-0.3, -0.25) is 9.59 Å². The molecule has 17 heavy (non-hydrogen) atoms. The standard InChI is InChI=1S/C12H16N2O3/c15-10-4-7-14(9-10)12(17)5-8-13-6-2-1-3-11(13)16/h1-3,6,10,15H,4-5,7-9H2/t10-/m1/s1. The fourth-order valence-corrected chi connectivity index (χ4v) is 1.99. The number of nitrogens with zero attached hydrogens (tertiary/aromatic N) is 2. The van der Waals surface area contributed by atoms with E-state index < -0.39 is 6.10 Å². The van der Waals surface area contributed by atoms with Gasteiger partial charge in [0.2, 0.25) is 5.91 Å². The Bertz CT molecular complexity index is 455. The maximum Gasteiger partial charge on any atom is 0.250 e. The first-order chi connectivity index (χ1) is 8.16. The Morgan fingerprint density at radius 3 is 2.94 bits per heavy atom. The fourth-order valence-electron chi connectivity index (χ4n) is 1.99. The number of aryl methyl sites for hydroxylation is 1. The number of rotatable bonds is 3. The van der Waals surface area contributed by atoms with E-state index in [0.29, 0.717) is 32.5 Å². The molecule has 0 radical (unpaired) electrons. The van der Waals surface area contributed by atoms with Crippen LogP contribution in [-0.2, 0) is 11.3 Å². The third-order valence-corrected chi connectivity index (χ3v) is 2.98. The van der Waals surface area contributed by atoms with Gasteiger partial charge in [-0.2, -0.15) is 0 Å². The third-order valence-electron chi connectivity index (χ3n) is 2.98. The number of hydrogen-bond donors (Lipinski definition) is 1. The van der Waals surface area contributed by atoms with Gasteiger partial charge in [-0.05, 0) is 12.5 Å². The lowest BCUT2D eigenvalue weighted by Gasteiger charge is -2.15. The summed E-state index contributed by atoms with van der Waals surface area (Å²) in [4.78, 5) is 24.8. The molecule has 0 bridgehead atoms. The summed E-state index contributed by atoms with van der Waals surface area (Å²) >= 11 is 0. The second kappa shape index (κ2) is 5.14. The number of β-amino-alcohol motifs (C(OH)–C–C–N with tert-alkyl or cyclic N) is 1. The minimum Gasteiger partial charge on any atom is -0.391 e. The Hall–Kier alpha value is -1.62. The van der Waals surface area contributed by atoms with Gasteiger partial charge >= 0.3 is 0 Å². The molecule has 1 aromatic heterocycles. The van der Waals surface area contributed by atoms with E-state index in [-0.39, 0.29) is 11.5 Å². The predicted octanol–water partition coefficient (Wildman–Crippen LogP) is -0.168. The molecule has 5 nitrogen and oxygen atoms in total. The Labute approximate surface area is 99.3 Å². The zero-order valence-corrected chi connectivity index (χ0v) is 9.58. The van der Waals surface area contributed by atoms with Crippen molar-refractivity contribution in [2.75, 3.05) is 13.1 Å². The number of aromatic nitrogens is 1. The van der Waals surface area contributed by atoms with Crippen LogP contribution in [0.4, 0.5) is 0 Å². The number of amides is 1. The van der Waals surface area contributed by atoms with Crippen LogP contribution < -0.4 is 5.56 Å². The highest BCUT2D eigenvalue weighted by atomic mass is 16.3. The Morgan fingerprint density at radius 2 is 2.29 bits per heavy atom. The van der Waals surface area contributed by atoms with Crippen LogP contribution in [0.2, 0.25) is 0 Å². The van der Waals surface area contributed by atoms with Gasteiger partial charge in [-0.25, -0.2) is 0 Å². The Morgan fingerprint density at radius 1 is 1.47 bits per heavy atom. The number of aliphatic hydroxyl groups is 1. The van der Waals surface area contributed by atoms with Gasteiger partial charge in [-0.15, -0.1) is 0 Å². The van der Waals surface area contributed by atoms with Crippen LogP contribution in [0.5, 0.6) is 0 Å². The lowest BCUT2D eigenvalue weighted by atomic mass is 10.3. The average molecular weight is 236 g/mol. The lowest BCUT2D eigenvalue weighted by molar-refractivity contribution is -0.130. The summed E-state index contributed by atoms with van der Waals surface area (Å²) in [5.74, 6) is -0.00250. The molecule has 1 fully saturated rings. The first kappa shape index (κ1) is 11.9.